The number of sulfonamides is 1. The van der Waals surface area contributed by atoms with Gasteiger partial charge in [-0.3, -0.25) is 4.79 Å². The first kappa shape index (κ1) is 24.1. The van der Waals surface area contributed by atoms with Gasteiger partial charge in [-0.15, -0.1) is 0 Å². The van der Waals surface area contributed by atoms with Gasteiger partial charge in [0.05, 0.1) is 16.5 Å². The molecule has 0 saturated carbocycles. The number of nitrogens with zero attached hydrogens (tertiary/aromatic N) is 1. The summed E-state index contributed by atoms with van der Waals surface area (Å²) in [5.74, 6) is -1.18. The molecule has 8 nitrogen and oxygen atoms in total. The van der Waals surface area contributed by atoms with Crippen LogP contribution < -0.4 is 16.2 Å². The Morgan fingerprint density at radius 3 is 2.21 bits per heavy atom. The highest BCUT2D eigenvalue weighted by atomic mass is 32.2. The Balaban J connectivity index is 0.000000387. The van der Waals surface area contributed by atoms with Crippen molar-refractivity contribution in [3.63, 3.8) is 0 Å². The molecule has 0 saturated heterocycles. The number of nitriles is 1. The molecule has 0 unspecified atom stereocenters. The van der Waals surface area contributed by atoms with Gasteiger partial charge in [-0.25, -0.2) is 8.42 Å². The summed E-state index contributed by atoms with van der Waals surface area (Å²) < 4.78 is 26.4. The highest BCUT2D eigenvalue weighted by Crippen LogP contribution is 2.12. The molecular weight excluding hydrogens is 392 g/mol. The lowest BCUT2D eigenvalue weighted by atomic mass is 10.1. The summed E-state index contributed by atoms with van der Waals surface area (Å²) in [7, 11) is -3.82. The van der Waals surface area contributed by atoms with Gasteiger partial charge < -0.3 is 16.6 Å². The zero-order valence-electron chi connectivity index (χ0n) is 16.2. The molecule has 2 aromatic rings. The topological polar surface area (TPSA) is 159 Å². The molecule has 0 aliphatic carbocycles. The second-order valence-electron chi connectivity index (χ2n) is 6.34. The first-order chi connectivity index (χ1) is 13.7. The molecule has 0 fully saturated rings. The number of carboxylic acid groups (broad SMARTS) is 1. The molecule has 156 valence electrons. The van der Waals surface area contributed by atoms with Crippen molar-refractivity contribution in [1.82, 2.24) is 4.72 Å². The maximum absolute atomic E-state index is 12.1. The Labute approximate surface area is 171 Å². The molecule has 9 heteroatoms. The quantitative estimate of drug-likeness (QED) is 0.377. The minimum absolute atomic E-state index is 0.0631. The summed E-state index contributed by atoms with van der Waals surface area (Å²) in [5.41, 5.74) is 13.0. The van der Waals surface area contributed by atoms with Crippen LogP contribution >= 0.6 is 0 Å². The number of unbranched alkanes of at least 4 members (excludes halogenated alkanes) is 1. The molecule has 0 spiro atoms. The van der Waals surface area contributed by atoms with Gasteiger partial charge in [0.2, 0.25) is 10.0 Å². The van der Waals surface area contributed by atoms with Gasteiger partial charge >= 0.3 is 5.97 Å². The summed E-state index contributed by atoms with van der Waals surface area (Å²) in [6.07, 6.45) is 1.44. The van der Waals surface area contributed by atoms with E-state index in [1.54, 1.807) is 36.4 Å². The molecule has 1 atom stereocenters. The lowest BCUT2D eigenvalue weighted by Gasteiger charge is -2.14. The van der Waals surface area contributed by atoms with Crippen LogP contribution in [0.2, 0.25) is 0 Å². The SMILES string of the molecule is Cc1ccc(S(=O)(=O)N[C@@H](CCCCN)C(=O)O)cc1.N#Cc1ccc(N)cc1. The molecule has 0 bridgehead atoms. The molecule has 2 aromatic carbocycles. The number of hydrogen-bond donors (Lipinski definition) is 4. The summed E-state index contributed by atoms with van der Waals surface area (Å²) in [6.45, 7) is 2.30. The number of carboxylic acids is 1. The maximum atomic E-state index is 12.1. The van der Waals surface area contributed by atoms with Gasteiger partial charge in [0.25, 0.3) is 0 Å². The third kappa shape index (κ3) is 8.74. The highest BCUT2D eigenvalue weighted by molar-refractivity contribution is 7.89. The summed E-state index contributed by atoms with van der Waals surface area (Å²) >= 11 is 0. The molecular formula is C20H26N4O4S. The fourth-order valence-electron chi connectivity index (χ4n) is 2.26. The van der Waals surface area contributed by atoms with Gasteiger partial charge in [-0.2, -0.15) is 9.98 Å². The van der Waals surface area contributed by atoms with Gasteiger partial charge in [0.15, 0.2) is 0 Å². The van der Waals surface area contributed by atoms with Crippen LogP contribution in [0.15, 0.2) is 53.4 Å². The van der Waals surface area contributed by atoms with Crippen LogP contribution in [0.25, 0.3) is 0 Å². The van der Waals surface area contributed by atoms with Crippen LogP contribution in [0.3, 0.4) is 0 Å². The highest BCUT2D eigenvalue weighted by Gasteiger charge is 2.24. The zero-order chi connectivity index (χ0) is 21.9. The van der Waals surface area contributed by atoms with E-state index in [2.05, 4.69) is 4.72 Å². The Morgan fingerprint density at radius 1 is 1.14 bits per heavy atom. The van der Waals surface area contributed by atoms with Crippen molar-refractivity contribution in [2.24, 2.45) is 5.73 Å². The van der Waals surface area contributed by atoms with Crippen molar-refractivity contribution in [1.29, 1.82) is 5.26 Å². The molecule has 29 heavy (non-hydrogen) atoms. The molecule has 0 aliphatic rings. The fourth-order valence-corrected chi connectivity index (χ4v) is 3.48. The summed E-state index contributed by atoms with van der Waals surface area (Å²) in [4.78, 5) is 11.2. The molecule has 2 rings (SSSR count). The normalized spacial score (nSPS) is 11.6. The van der Waals surface area contributed by atoms with E-state index < -0.39 is 22.0 Å². The van der Waals surface area contributed by atoms with Crippen molar-refractivity contribution in [2.75, 3.05) is 12.3 Å². The second-order valence-corrected chi connectivity index (χ2v) is 8.06. The van der Waals surface area contributed by atoms with Crippen molar-refractivity contribution in [3.05, 3.63) is 59.7 Å². The maximum Gasteiger partial charge on any atom is 0.321 e. The average Bonchev–Trinajstić information content (AvgIpc) is 2.68. The standard InChI is InChI=1S/C13H20N2O4S.C7H6N2/c1-10-5-7-11(8-6-10)20(18,19)15-12(13(16)17)4-2-3-9-14;8-5-6-1-3-7(9)4-2-6/h5-8,12,15H,2-4,9,14H2,1H3,(H,16,17);1-4H,9H2/t12-;/m0./s1. The Hall–Kier alpha value is -2.93. The zero-order valence-corrected chi connectivity index (χ0v) is 17.0. The van der Waals surface area contributed by atoms with E-state index in [1.807, 2.05) is 13.0 Å². The third-order valence-corrected chi connectivity index (χ3v) is 5.40. The van der Waals surface area contributed by atoms with E-state index in [9.17, 15) is 13.2 Å². The smallest absolute Gasteiger partial charge is 0.321 e. The Kier molecular flexibility index (Phi) is 9.82. The number of nitrogens with one attached hydrogen (secondary N) is 1. The lowest BCUT2D eigenvalue weighted by molar-refractivity contribution is -0.139. The van der Waals surface area contributed by atoms with Crippen molar-refractivity contribution < 1.29 is 18.3 Å². The van der Waals surface area contributed by atoms with Gasteiger partial charge in [0.1, 0.15) is 6.04 Å². The van der Waals surface area contributed by atoms with E-state index in [1.165, 1.54) is 12.1 Å². The number of aryl methyl sites for hydroxylation is 1. The number of rotatable bonds is 8. The van der Waals surface area contributed by atoms with Crippen LogP contribution in [-0.4, -0.2) is 32.1 Å². The van der Waals surface area contributed by atoms with Crippen LogP contribution in [-0.2, 0) is 14.8 Å². The number of nitrogen functional groups attached to an aromatic ring is 1. The minimum atomic E-state index is -3.82. The number of carbonyl (C=O) groups is 1. The van der Waals surface area contributed by atoms with Crippen LogP contribution in [0.5, 0.6) is 0 Å². The number of anilines is 1. The van der Waals surface area contributed by atoms with Crippen molar-refractivity contribution >= 4 is 21.7 Å². The predicted molar refractivity (Wildman–Crippen MR) is 111 cm³/mol. The number of aliphatic carboxylic acids is 1. The molecule has 6 N–H and O–H groups in total. The molecule has 0 aromatic heterocycles. The molecule has 0 heterocycles. The van der Waals surface area contributed by atoms with E-state index in [-0.39, 0.29) is 11.3 Å². The van der Waals surface area contributed by atoms with Gasteiger partial charge in [0, 0.05) is 5.69 Å². The number of nitrogens with two attached hydrogens (primary N) is 2. The number of hydrogen-bond acceptors (Lipinski definition) is 6. The minimum Gasteiger partial charge on any atom is -0.480 e. The lowest BCUT2D eigenvalue weighted by Crippen LogP contribution is -2.40. The van der Waals surface area contributed by atoms with E-state index >= 15 is 0 Å². The summed E-state index contributed by atoms with van der Waals surface area (Å²) in [6, 6.07) is 13.9. The largest absolute Gasteiger partial charge is 0.480 e. The Bertz CT molecular complexity index is 920. The van der Waals surface area contributed by atoms with Gasteiger partial charge in [-0.1, -0.05) is 24.1 Å². The first-order valence-corrected chi connectivity index (χ1v) is 10.5. The monoisotopic (exact) mass is 418 g/mol. The van der Waals surface area contributed by atoms with E-state index in [0.717, 1.165) is 5.56 Å². The van der Waals surface area contributed by atoms with Crippen LogP contribution in [0.4, 0.5) is 5.69 Å². The van der Waals surface area contributed by atoms with Crippen LogP contribution in [0, 0.1) is 18.3 Å². The molecule has 0 radical (unpaired) electrons. The number of benzene rings is 2. The second kappa shape index (κ2) is 11.8. The van der Waals surface area contributed by atoms with Crippen LogP contribution in [0.1, 0.15) is 30.4 Å². The summed E-state index contributed by atoms with van der Waals surface area (Å²) in [5, 5.41) is 17.4. The van der Waals surface area contributed by atoms with E-state index in [4.69, 9.17) is 21.8 Å². The molecule has 0 amide bonds. The third-order valence-electron chi connectivity index (χ3n) is 3.91. The average molecular weight is 419 g/mol. The van der Waals surface area contributed by atoms with E-state index in [0.29, 0.717) is 30.6 Å². The van der Waals surface area contributed by atoms with Crippen molar-refractivity contribution in [2.45, 2.75) is 37.1 Å². The fraction of sp³-hybridized carbons (Fsp3) is 0.300. The van der Waals surface area contributed by atoms with Gasteiger partial charge in [-0.05, 0) is 62.7 Å². The molecule has 0 aliphatic heterocycles. The Morgan fingerprint density at radius 2 is 1.72 bits per heavy atom. The van der Waals surface area contributed by atoms with Crippen molar-refractivity contribution in [3.8, 4) is 6.07 Å². The first-order valence-electron chi connectivity index (χ1n) is 8.97. The predicted octanol–water partition coefficient (Wildman–Crippen LogP) is 2.00.